The van der Waals surface area contributed by atoms with Crippen LogP contribution in [0.1, 0.15) is 50.5 Å². The van der Waals surface area contributed by atoms with Gasteiger partial charge in [0.1, 0.15) is 11.6 Å². The second-order valence-corrected chi connectivity index (χ2v) is 14.4. The van der Waals surface area contributed by atoms with Crippen molar-refractivity contribution in [2.45, 2.75) is 51.0 Å². The zero-order chi connectivity index (χ0) is 29.5. The molecule has 0 radical (unpaired) electrons. The fraction of sp³-hybridized carbons (Fsp3) is 0.759. The van der Waals surface area contributed by atoms with Crippen LogP contribution in [0.2, 0.25) is 0 Å². The maximum Gasteiger partial charge on any atom is 0.236 e. The van der Waals surface area contributed by atoms with Gasteiger partial charge in [0.25, 0.3) is 0 Å². The monoisotopic (exact) mass is 615 g/mol. The fourth-order valence-corrected chi connectivity index (χ4v) is 8.24. The Labute approximate surface area is 249 Å². The van der Waals surface area contributed by atoms with Crippen molar-refractivity contribution in [3.63, 3.8) is 0 Å². The topological polar surface area (TPSA) is 67.4 Å². The van der Waals surface area contributed by atoms with E-state index in [0.717, 1.165) is 103 Å². The summed E-state index contributed by atoms with van der Waals surface area (Å²) in [7, 11) is -1.96. The molecule has 3 unspecified atom stereocenters. The lowest BCUT2D eigenvalue weighted by atomic mass is 9.78. The highest BCUT2D eigenvalue weighted by molar-refractivity contribution is 7.82. The summed E-state index contributed by atoms with van der Waals surface area (Å²) in [6, 6.07) is 4.12. The Balaban J connectivity index is 1.29. The van der Waals surface area contributed by atoms with Crippen LogP contribution in [0.3, 0.4) is 0 Å². The first-order valence-corrected chi connectivity index (χ1v) is 18.0. The summed E-state index contributed by atoms with van der Waals surface area (Å²) in [6.07, 6.45) is 7.79. The lowest BCUT2D eigenvalue weighted by Gasteiger charge is -2.40. The molecule has 1 aromatic rings. The van der Waals surface area contributed by atoms with Gasteiger partial charge in [-0.3, -0.25) is 9.69 Å². The largest absolute Gasteiger partial charge is 0.339 e. The minimum Gasteiger partial charge on any atom is -0.339 e. The second-order valence-electron chi connectivity index (χ2n) is 11.7. The van der Waals surface area contributed by atoms with Gasteiger partial charge in [-0.05, 0) is 75.1 Å². The molecule has 3 aliphatic heterocycles. The van der Waals surface area contributed by atoms with Gasteiger partial charge >= 0.3 is 0 Å². The number of amides is 1. The smallest absolute Gasteiger partial charge is 0.236 e. The van der Waals surface area contributed by atoms with Gasteiger partial charge in [-0.2, -0.15) is 0 Å². The quantitative estimate of drug-likeness (QED) is 0.383. The first-order chi connectivity index (χ1) is 19.6. The number of benzene rings is 1. The normalized spacial score (nSPS) is 23.3. The molecule has 0 aromatic heterocycles. The van der Waals surface area contributed by atoms with E-state index in [1.54, 1.807) is 12.5 Å². The molecule has 3 aliphatic rings. The third-order valence-corrected chi connectivity index (χ3v) is 11.4. The molecule has 0 N–H and O–H groups in total. The van der Waals surface area contributed by atoms with Gasteiger partial charge in [0.15, 0.2) is 0 Å². The van der Waals surface area contributed by atoms with Gasteiger partial charge in [0.2, 0.25) is 5.91 Å². The summed E-state index contributed by atoms with van der Waals surface area (Å²) in [5, 5.41) is 0. The van der Waals surface area contributed by atoms with Gasteiger partial charge < -0.3 is 9.80 Å². The van der Waals surface area contributed by atoms with Crippen LogP contribution in [-0.2, 0) is 26.8 Å². The molecule has 0 aliphatic carbocycles. The zero-order valence-corrected chi connectivity index (χ0v) is 26.4. The predicted molar refractivity (Wildman–Crippen MR) is 161 cm³/mol. The summed E-state index contributed by atoms with van der Waals surface area (Å²) in [6.45, 7) is 10.2. The number of likely N-dealkylation sites (N-methyl/N-ethyl adjacent to an activating group) is 1. The molecule has 232 valence electrons. The summed E-state index contributed by atoms with van der Waals surface area (Å²) in [4.78, 5) is 19.8. The Hall–Kier alpha value is -1.31. The number of hydrogen-bond donors (Lipinski definition) is 0. The molecule has 0 saturated carbocycles. The Morgan fingerprint density at radius 3 is 1.95 bits per heavy atom. The van der Waals surface area contributed by atoms with Crippen molar-refractivity contribution in [2.75, 3.05) is 84.5 Å². The molecule has 3 atom stereocenters. The van der Waals surface area contributed by atoms with Crippen molar-refractivity contribution in [1.29, 1.82) is 0 Å². The molecule has 3 fully saturated rings. The van der Waals surface area contributed by atoms with E-state index in [4.69, 9.17) is 0 Å². The Kier molecular flexibility index (Phi) is 12.3. The summed E-state index contributed by atoms with van der Waals surface area (Å²) < 4.78 is 55.9. The molecule has 3 saturated heterocycles. The number of piperidine rings is 2. The average molecular weight is 616 g/mol. The van der Waals surface area contributed by atoms with Crippen LogP contribution < -0.4 is 0 Å². The number of halogens is 2. The number of hydrogen-bond acceptors (Lipinski definition) is 5. The molecule has 0 bridgehead atoms. The van der Waals surface area contributed by atoms with E-state index in [1.165, 1.54) is 12.1 Å². The van der Waals surface area contributed by atoms with E-state index in [9.17, 15) is 22.0 Å². The SMILES string of the molecule is CCN(C(=O)CN1CCN(S(C)=O)CC1)C1CCN(CCC(c2cc(F)cc(F)c2)C2CCN(S(C)=O)CC2)CC1. The first kappa shape index (κ1) is 32.6. The van der Waals surface area contributed by atoms with Crippen molar-refractivity contribution in [1.82, 2.24) is 23.3 Å². The lowest BCUT2D eigenvalue weighted by Crippen LogP contribution is -2.53. The molecule has 41 heavy (non-hydrogen) atoms. The molecule has 3 heterocycles. The number of nitrogens with zero attached hydrogens (tertiary/aromatic N) is 5. The lowest BCUT2D eigenvalue weighted by molar-refractivity contribution is -0.135. The number of rotatable bonds is 11. The molecule has 12 heteroatoms. The van der Waals surface area contributed by atoms with E-state index in [-0.39, 0.29) is 17.9 Å². The van der Waals surface area contributed by atoms with Crippen LogP contribution in [0.4, 0.5) is 8.78 Å². The van der Waals surface area contributed by atoms with Crippen molar-refractivity contribution >= 4 is 27.9 Å². The number of carbonyl (C=O) groups is 1. The number of likely N-dealkylation sites (tertiary alicyclic amines) is 1. The minimum atomic E-state index is -0.996. The Bertz CT molecular complexity index is 1040. The molecule has 4 rings (SSSR count). The van der Waals surface area contributed by atoms with Gasteiger partial charge in [-0.1, -0.05) is 0 Å². The highest BCUT2D eigenvalue weighted by atomic mass is 32.2. The van der Waals surface area contributed by atoms with Crippen LogP contribution in [0.25, 0.3) is 0 Å². The van der Waals surface area contributed by atoms with E-state index < -0.39 is 33.6 Å². The van der Waals surface area contributed by atoms with E-state index in [0.29, 0.717) is 19.0 Å². The van der Waals surface area contributed by atoms with Crippen LogP contribution in [0, 0.1) is 17.6 Å². The molecule has 0 spiro atoms. The zero-order valence-electron chi connectivity index (χ0n) is 24.8. The molecule has 1 amide bonds. The molecular weight excluding hydrogens is 568 g/mol. The Morgan fingerprint density at radius 2 is 1.41 bits per heavy atom. The Morgan fingerprint density at radius 1 is 0.854 bits per heavy atom. The molecule has 1 aromatic carbocycles. The van der Waals surface area contributed by atoms with E-state index in [1.807, 2.05) is 20.4 Å². The first-order valence-electron chi connectivity index (χ1n) is 15.0. The summed E-state index contributed by atoms with van der Waals surface area (Å²) in [5.74, 6) is -0.566. The van der Waals surface area contributed by atoms with E-state index >= 15 is 0 Å². The standard InChI is InChI=1S/C29H47F2N5O3S2/c1-4-36(29(37)22-33-15-17-35(18-16-33)41(3)39)27-7-10-32(11-8-27)12-9-28(24-19-25(30)21-26(31)20-24)23-5-13-34(14-6-23)40(2)38/h19-21,23,27-28H,4-18,22H2,1-3H3. The summed E-state index contributed by atoms with van der Waals surface area (Å²) in [5.41, 5.74) is 0.724. The third kappa shape index (κ3) is 9.09. The van der Waals surface area contributed by atoms with Gasteiger partial charge in [-0.15, -0.1) is 0 Å². The van der Waals surface area contributed by atoms with Crippen molar-refractivity contribution in [3.05, 3.63) is 35.4 Å². The van der Waals surface area contributed by atoms with Gasteiger partial charge in [0, 0.05) is 83.5 Å². The maximum absolute atomic E-state index is 14.2. The average Bonchev–Trinajstić information content (AvgIpc) is 2.94. The minimum absolute atomic E-state index is 0.0460. The van der Waals surface area contributed by atoms with E-state index in [2.05, 4.69) is 9.80 Å². The predicted octanol–water partition coefficient (Wildman–Crippen LogP) is 2.67. The molecular formula is C29H47F2N5O3S2. The highest BCUT2D eigenvalue weighted by Gasteiger charge is 2.32. The van der Waals surface area contributed by atoms with Crippen molar-refractivity contribution in [3.8, 4) is 0 Å². The number of piperazine rings is 1. The second kappa shape index (κ2) is 15.4. The fourth-order valence-electron chi connectivity index (χ4n) is 6.84. The molecule has 8 nitrogen and oxygen atoms in total. The van der Waals surface area contributed by atoms with Crippen LogP contribution in [0.15, 0.2) is 18.2 Å². The van der Waals surface area contributed by atoms with Crippen LogP contribution in [0.5, 0.6) is 0 Å². The van der Waals surface area contributed by atoms with Crippen molar-refractivity contribution < 1.29 is 22.0 Å². The highest BCUT2D eigenvalue weighted by Crippen LogP contribution is 2.36. The van der Waals surface area contributed by atoms with Gasteiger partial charge in [0.05, 0.1) is 28.5 Å². The van der Waals surface area contributed by atoms with Crippen molar-refractivity contribution in [2.24, 2.45) is 5.92 Å². The van der Waals surface area contributed by atoms with Crippen LogP contribution in [-0.4, -0.2) is 128 Å². The maximum atomic E-state index is 14.2. The number of carbonyl (C=O) groups excluding carboxylic acids is 1. The summed E-state index contributed by atoms with van der Waals surface area (Å²) >= 11 is 0. The van der Waals surface area contributed by atoms with Gasteiger partial charge in [-0.25, -0.2) is 25.8 Å². The van der Waals surface area contributed by atoms with Crippen LogP contribution >= 0.6 is 0 Å². The third-order valence-electron chi connectivity index (χ3n) is 9.21.